The van der Waals surface area contributed by atoms with Crippen LogP contribution in [0.5, 0.6) is 0 Å². The highest BCUT2D eigenvalue weighted by molar-refractivity contribution is 7.99. The fourth-order valence-corrected chi connectivity index (χ4v) is 3.24. The number of anilines is 2. The van der Waals surface area contributed by atoms with Gasteiger partial charge in [0.25, 0.3) is 0 Å². The van der Waals surface area contributed by atoms with Crippen molar-refractivity contribution in [1.82, 2.24) is 0 Å². The van der Waals surface area contributed by atoms with Gasteiger partial charge in [-0.3, -0.25) is 9.69 Å². The molecule has 1 amide bonds. The molecule has 2 aromatic carbocycles. The average molecular weight is 255 g/mol. The normalized spacial score (nSPS) is 12.9. The largest absolute Gasteiger partial charge is 0.279 e. The molecule has 0 N–H and O–H groups in total. The SMILES string of the molecule is CC(=O)N1c2ccccc2Sc2ccc(C)cc21. The fourth-order valence-electron chi connectivity index (χ4n) is 2.20. The number of para-hydroxylation sites is 1. The van der Waals surface area contributed by atoms with Crippen molar-refractivity contribution in [3.63, 3.8) is 0 Å². The highest BCUT2D eigenvalue weighted by Gasteiger charge is 2.25. The Balaban J connectivity index is 2.24. The summed E-state index contributed by atoms with van der Waals surface area (Å²) >= 11 is 1.72. The molecular weight excluding hydrogens is 242 g/mol. The minimum absolute atomic E-state index is 0.0506. The second kappa shape index (κ2) is 4.18. The lowest BCUT2D eigenvalue weighted by Gasteiger charge is -2.30. The van der Waals surface area contributed by atoms with Gasteiger partial charge in [-0.1, -0.05) is 30.0 Å². The van der Waals surface area contributed by atoms with Gasteiger partial charge in [0.2, 0.25) is 5.91 Å². The molecule has 2 aromatic rings. The van der Waals surface area contributed by atoms with Crippen molar-refractivity contribution in [3.8, 4) is 0 Å². The first kappa shape index (κ1) is 11.4. The van der Waals surface area contributed by atoms with Crippen LogP contribution in [-0.4, -0.2) is 5.91 Å². The lowest BCUT2D eigenvalue weighted by atomic mass is 10.1. The van der Waals surface area contributed by atoms with Gasteiger partial charge in [-0.15, -0.1) is 0 Å². The Morgan fingerprint density at radius 1 is 1.06 bits per heavy atom. The molecular formula is C15H13NOS. The predicted molar refractivity (Wildman–Crippen MR) is 74.6 cm³/mol. The smallest absolute Gasteiger partial charge is 0.228 e. The predicted octanol–water partition coefficient (Wildman–Crippen LogP) is 4.14. The van der Waals surface area contributed by atoms with Crippen LogP contribution >= 0.6 is 11.8 Å². The molecule has 1 aliphatic rings. The van der Waals surface area contributed by atoms with Crippen molar-refractivity contribution < 1.29 is 4.79 Å². The molecule has 1 heterocycles. The number of benzene rings is 2. The number of fused-ring (bicyclic) bond motifs is 2. The Kier molecular flexibility index (Phi) is 2.63. The molecule has 0 radical (unpaired) electrons. The van der Waals surface area contributed by atoms with E-state index in [1.807, 2.05) is 25.1 Å². The first-order chi connectivity index (χ1) is 8.66. The molecule has 0 aromatic heterocycles. The van der Waals surface area contributed by atoms with E-state index in [0.29, 0.717) is 0 Å². The van der Waals surface area contributed by atoms with Gasteiger partial charge in [0.15, 0.2) is 0 Å². The number of aryl methyl sites for hydroxylation is 1. The van der Waals surface area contributed by atoms with E-state index in [1.165, 1.54) is 5.56 Å². The van der Waals surface area contributed by atoms with Gasteiger partial charge in [-0.25, -0.2) is 0 Å². The van der Waals surface area contributed by atoms with Crippen LogP contribution in [0.25, 0.3) is 0 Å². The first-order valence-corrected chi connectivity index (χ1v) is 6.67. The number of nitrogens with zero attached hydrogens (tertiary/aromatic N) is 1. The van der Waals surface area contributed by atoms with E-state index in [2.05, 4.69) is 24.3 Å². The Bertz CT molecular complexity index is 636. The summed E-state index contributed by atoms with van der Waals surface area (Å²) in [5, 5.41) is 0. The zero-order chi connectivity index (χ0) is 12.7. The molecule has 3 rings (SSSR count). The van der Waals surface area contributed by atoms with Gasteiger partial charge in [0, 0.05) is 16.7 Å². The zero-order valence-corrected chi connectivity index (χ0v) is 11.1. The lowest BCUT2D eigenvalue weighted by Crippen LogP contribution is -2.25. The molecule has 3 heteroatoms. The van der Waals surface area contributed by atoms with Crippen molar-refractivity contribution >= 4 is 29.0 Å². The van der Waals surface area contributed by atoms with Crippen LogP contribution in [-0.2, 0) is 4.79 Å². The molecule has 0 unspecified atom stereocenters. The molecule has 2 nitrogen and oxygen atoms in total. The number of hydrogen-bond acceptors (Lipinski definition) is 2. The van der Waals surface area contributed by atoms with Crippen LogP contribution < -0.4 is 4.90 Å². The van der Waals surface area contributed by atoms with E-state index in [-0.39, 0.29) is 5.91 Å². The Labute approximate surface area is 111 Å². The first-order valence-electron chi connectivity index (χ1n) is 5.85. The third-order valence-electron chi connectivity index (χ3n) is 3.00. The third kappa shape index (κ3) is 1.71. The summed E-state index contributed by atoms with van der Waals surface area (Å²) in [5.74, 6) is 0.0506. The van der Waals surface area contributed by atoms with Crippen LogP contribution in [0.2, 0.25) is 0 Å². The van der Waals surface area contributed by atoms with E-state index >= 15 is 0 Å². The van der Waals surface area contributed by atoms with Gasteiger partial charge < -0.3 is 0 Å². The Morgan fingerprint density at radius 2 is 1.78 bits per heavy atom. The number of amides is 1. The van der Waals surface area contributed by atoms with Crippen molar-refractivity contribution in [1.29, 1.82) is 0 Å². The van der Waals surface area contributed by atoms with E-state index in [1.54, 1.807) is 23.6 Å². The number of carbonyl (C=O) groups is 1. The standard InChI is InChI=1S/C15H13NOS/c1-10-7-8-15-13(9-10)16(11(2)17)12-5-3-4-6-14(12)18-15/h3-9H,1-2H3. The molecule has 0 saturated carbocycles. The molecule has 1 aliphatic heterocycles. The van der Waals surface area contributed by atoms with Crippen LogP contribution in [0.1, 0.15) is 12.5 Å². The van der Waals surface area contributed by atoms with E-state index in [9.17, 15) is 4.79 Å². The highest BCUT2D eigenvalue weighted by Crippen LogP contribution is 2.48. The van der Waals surface area contributed by atoms with Crippen molar-refractivity contribution in [2.24, 2.45) is 0 Å². The summed E-state index contributed by atoms with van der Waals surface area (Å²) in [6.45, 7) is 3.66. The number of hydrogen-bond donors (Lipinski definition) is 0. The zero-order valence-electron chi connectivity index (χ0n) is 10.3. The number of carbonyl (C=O) groups excluding carboxylic acids is 1. The Morgan fingerprint density at radius 3 is 2.56 bits per heavy atom. The third-order valence-corrected chi connectivity index (χ3v) is 4.13. The molecule has 0 spiro atoms. The molecule has 0 bridgehead atoms. The maximum atomic E-state index is 12.0. The van der Waals surface area contributed by atoms with Gasteiger partial charge in [0.1, 0.15) is 0 Å². The molecule has 0 aliphatic carbocycles. The van der Waals surface area contributed by atoms with Gasteiger partial charge in [-0.05, 0) is 36.8 Å². The molecule has 0 fully saturated rings. The van der Waals surface area contributed by atoms with Crippen molar-refractivity contribution in [3.05, 3.63) is 48.0 Å². The summed E-state index contributed by atoms with van der Waals surface area (Å²) in [6, 6.07) is 14.3. The monoisotopic (exact) mass is 255 g/mol. The van der Waals surface area contributed by atoms with E-state index in [4.69, 9.17) is 0 Å². The topological polar surface area (TPSA) is 20.3 Å². The maximum absolute atomic E-state index is 12.0. The minimum atomic E-state index is 0.0506. The van der Waals surface area contributed by atoms with Crippen LogP contribution in [0.4, 0.5) is 11.4 Å². The molecule has 0 atom stereocenters. The quantitative estimate of drug-likeness (QED) is 0.705. The molecule has 90 valence electrons. The van der Waals surface area contributed by atoms with Gasteiger partial charge in [0.05, 0.1) is 11.4 Å². The summed E-state index contributed by atoms with van der Waals surface area (Å²) < 4.78 is 0. The highest BCUT2D eigenvalue weighted by atomic mass is 32.2. The van der Waals surface area contributed by atoms with Crippen LogP contribution in [0.15, 0.2) is 52.3 Å². The maximum Gasteiger partial charge on any atom is 0.228 e. The van der Waals surface area contributed by atoms with E-state index < -0.39 is 0 Å². The van der Waals surface area contributed by atoms with Crippen LogP contribution in [0, 0.1) is 6.92 Å². The summed E-state index contributed by atoms with van der Waals surface area (Å²) in [5.41, 5.74) is 3.14. The van der Waals surface area contributed by atoms with Crippen molar-refractivity contribution in [2.75, 3.05) is 4.90 Å². The summed E-state index contributed by atoms with van der Waals surface area (Å²) in [7, 11) is 0. The fraction of sp³-hybridized carbons (Fsp3) is 0.133. The van der Waals surface area contributed by atoms with Crippen molar-refractivity contribution in [2.45, 2.75) is 23.6 Å². The summed E-state index contributed by atoms with van der Waals surface area (Å²) in [6.07, 6.45) is 0. The average Bonchev–Trinajstić information content (AvgIpc) is 2.35. The summed E-state index contributed by atoms with van der Waals surface area (Å²) in [4.78, 5) is 16.0. The molecule has 18 heavy (non-hydrogen) atoms. The van der Waals surface area contributed by atoms with Gasteiger partial charge >= 0.3 is 0 Å². The van der Waals surface area contributed by atoms with Gasteiger partial charge in [-0.2, -0.15) is 0 Å². The molecule has 0 saturated heterocycles. The van der Waals surface area contributed by atoms with Crippen LogP contribution in [0.3, 0.4) is 0 Å². The number of rotatable bonds is 0. The second-order valence-corrected chi connectivity index (χ2v) is 5.48. The minimum Gasteiger partial charge on any atom is -0.279 e. The lowest BCUT2D eigenvalue weighted by molar-refractivity contribution is -0.115. The second-order valence-electron chi connectivity index (χ2n) is 4.40. The van der Waals surface area contributed by atoms with E-state index in [0.717, 1.165) is 21.2 Å². The Hall–Kier alpha value is -1.74.